The van der Waals surface area contributed by atoms with Gasteiger partial charge < -0.3 is 9.55 Å². The molecular weight excluding hydrogens is 320 g/mol. The number of aromatic amines is 1. The molecular formula is C15H17BrN2S. The molecule has 0 amide bonds. The summed E-state index contributed by atoms with van der Waals surface area (Å²) in [6, 6.07) is 9.00. The largest absolute Gasteiger partial charge is 0.337 e. The van der Waals surface area contributed by atoms with E-state index < -0.39 is 0 Å². The lowest BCUT2D eigenvalue weighted by molar-refractivity contribution is 0.353. The minimum atomic E-state index is 0.561. The molecule has 1 aliphatic carbocycles. The van der Waals surface area contributed by atoms with Crippen LogP contribution in [0.1, 0.15) is 38.1 Å². The molecule has 0 bridgehead atoms. The average molecular weight is 337 g/mol. The Kier molecular flexibility index (Phi) is 3.89. The number of benzene rings is 1. The van der Waals surface area contributed by atoms with Gasteiger partial charge >= 0.3 is 0 Å². The zero-order valence-corrected chi connectivity index (χ0v) is 13.1. The normalized spacial score (nSPS) is 16.7. The first-order valence-electron chi connectivity index (χ1n) is 6.81. The maximum absolute atomic E-state index is 5.48. The van der Waals surface area contributed by atoms with Crippen molar-refractivity contribution in [1.82, 2.24) is 9.55 Å². The van der Waals surface area contributed by atoms with E-state index in [4.69, 9.17) is 12.2 Å². The predicted molar refractivity (Wildman–Crippen MR) is 84.9 cm³/mol. The van der Waals surface area contributed by atoms with Gasteiger partial charge in [0.15, 0.2) is 4.77 Å². The van der Waals surface area contributed by atoms with Crippen molar-refractivity contribution in [3.8, 4) is 11.3 Å². The molecule has 2 nitrogen and oxygen atoms in total. The maximum Gasteiger partial charge on any atom is 0.177 e. The molecule has 2 aromatic rings. The highest BCUT2D eigenvalue weighted by molar-refractivity contribution is 9.10. The Morgan fingerprint density at radius 1 is 1.11 bits per heavy atom. The fourth-order valence-electron chi connectivity index (χ4n) is 2.92. The number of imidazole rings is 1. The Morgan fingerprint density at radius 2 is 1.79 bits per heavy atom. The molecule has 1 aromatic carbocycles. The predicted octanol–water partition coefficient (Wildman–Crippen LogP) is 5.48. The van der Waals surface area contributed by atoms with E-state index in [1.165, 1.54) is 43.4 Å². The molecule has 1 fully saturated rings. The van der Waals surface area contributed by atoms with Crippen molar-refractivity contribution in [2.45, 2.75) is 38.1 Å². The summed E-state index contributed by atoms with van der Waals surface area (Å²) in [6.45, 7) is 0. The van der Waals surface area contributed by atoms with Gasteiger partial charge in [0, 0.05) is 16.7 Å². The number of H-pyrrole nitrogens is 1. The zero-order valence-electron chi connectivity index (χ0n) is 10.7. The van der Waals surface area contributed by atoms with E-state index in [0.717, 1.165) is 9.24 Å². The summed E-state index contributed by atoms with van der Waals surface area (Å²) in [5.41, 5.74) is 2.44. The highest BCUT2D eigenvalue weighted by atomic mass is 79.9. The van der Waals surface area contributed by atoms with Crippen molar-refractivity contribution in [3.05, 3.63) is 39.7 Å². The molecule has 1 N–H and O–H groups in total. The van der Waals surface area contributed by atoms with Crippen LogP contribution in [-0.4, -0.2) is 9.55 Å². The van der Waals surface area contributed by atoms with Gasteiger partial charge in [0.25, 0.3) is 0 Å². The van der Waals surface area contributed by atoms with Crippen molar-refractivity contribution in [1.29, 1.82) is 0 Å². The second-order valence-electron chi connectivity index (χ2n) is 5.15. The first-order chi connectivity index (χ1) is 9.25. The highest BCUT2D eigenvalue weighted by Gasteiger charge is 2.19. The molecule has 4 heteroatoms. The topological polar surface area (TPSA) is 20.7 Å². The maximum atomic E-state index is 5.48. The molecule has 0 atom stereocenters. The van der Waals surface area contributed by atoms with E-state index in [9.17, 15) is 0 Å². The van der Waals surface area contributed by atoms with Gasteiger partial charge in [-0.05, 0) is 42.8 Å². The van der Waals surface area contributed by atoms with Crippen LogP contribution in [-0.2, 0) is 0 Å². The fraction of sp³-hybridized carbons (Fsp3) is 0.400. The van der Waals surface area contributed by atoms with Crippen LogP contribution in [0, 0.1) is 4.77 Å². The Bertz CT molecular complexity index is 606. The van der Waals surface area contributed by atoms with Crippen LogP contribution in [0.15, 0.2) is 34.9 Å². The SMILES string of the molecule is S=c1[nH]cc(-c2ccc(Br)cc2)n1C1CCCCC1. The van der Waals surface area contributed by atoms with Crippen molar-refractivity contribution in [2.24, 2.45) is 0 Å². The van der Waals surface area contributed by atoms with E-state index >= 15 is 0 Å². The third kappa shape index (κ3) is 2.70. The van der Waals surface area contributed by atoms with E-state index in [0.29, 0.717) is 6.04 Å². The molecule has 0 aliphatic heterocycles. The van der Waals surface area contributed by atoms with Gasteiger partial charge in [-0.1, -0.05) is 47.3 Å². The minimum absolute atomic E-state index is 0.561. The second kappa shape index (κ2) is 5.63. The van der Waals surface area contributed by atoms with Crippen LogP contribution in [0.25, 0.3) is 11.3 Å². The number of hydrogen-bond donors (Lipinski definition) is 1. The Hall–Kier alpha value is -0.870. The smallest absolute Gasteiger partial charge is 0.177 e. The van der Waals surface area contributed by atoms with E-state index in [-0.39, 0.29) is 0 Å². The third-order valence-corrected chi connectivity index (χ3v) is 4.73. The quantitative estimate of drug-likeness (QED) is 0.720. The summed E-state index contributed by atoms with van der Waals surface area (Å²) in [5.74, 6) is 0. The van der Waals surface area contributed by atoms with Gasteiger partial charge in [0.2, 0.25) is 0 Å². The highest BCUT2D eigenvalue weighted by Crippen LogP contribution is 2.33. The molecule has 1 heterocycles. The van der Waals surface area contributed by atoms with Gasteiger partial charge in [-0.3, -0.25) is 0 Å². The molecule has 0 spiro atoms. The Labute approximate surface area is 127 Å². The molecule has 1 aromatic heterocycles. The number of rotatable bonds is 2. The van der Waals surface area contributed by atoms with E-state index in [2.05, 4.69) is 49.7 Å². The van der Waals surface area contributed by atoms with E-state index in [1.54, 1.807) is 0 Å². The molecule has 19 heavy (non-hydrogen) atoms. The summed E-state index contributed by atoms with van der Waals surface area (Å²) in [7, 11) is 0. The number of halogens is 1. The van der Waals surface area contributed by atoms with Crippen LogP contribution >= 0.6 is 28.1 Å². The molecule has 0 radical (unpaired) electrons. The molecule has 0 saturated heterocycles. The van der Waals surface area contributed by atoms with Crippen molar-refractivity contribution < 1.29 is 0 Å². The molecule has 1 aliphatic rings. The minimum Gasteiger partial charge on any atom is -0.337 e. The van der Waals surface area contributed by atoms with Crippen LogP contribution in [0.2, 0.25) is 0 Å². The first-order valence-corrected chi connectivity index (χ1v) is 8.01. The molecule has 0 unspecified atom stereocenters. The van der Waals surface area contributed by atoms with Crippen LogP contribution in [0.4, 0.5) is 0 Å². The first kappa shape index (κ1) is 13.1. The van der Waals surface area contributed by atoms with Gasteiger partial charge in [0.05, 0.1) is 5.69 Å². The lowest BCUT2D eigenvalue weighted by Gasteiger charge is -2.25. The van der Waals surface area contributed by atoms with Crippen molar-refractivity contribution in [3.63, 3.8) is 0 Å². The van der Waals surface area contributed by atoms with Crippen molar-refractivity contribution >= 4 is 28.1 Å². The summed E-state index contributed by atoms with van der Waals surface area (Å²) in [6.07, 6.45) is 8.53. The Morgan fingerprint density at radius 3 is 2.47 bits per heavy atom. The summed E-state index contributed by atoms with van der Waals surface area (Å²) in [5, 5.41) is 0. The number of nitrogens with zero attached hydrogens (tertiary/aromatic N) is 1. The number of hydrogen-bond acceptors (Lipinski definition) is 1. The van der Waals surface area contributed by atoms with Gasteiger partial charge in [-0.2, -0.15) is 0 Å². The van der Waals surface area contributed by atoms with Crippen LogP contribution < -0.4 is 0 Å². The Balaban J connectivity index is 2.02. The van der Waals surface area contributed by atoms with Gasteiger partial charge in [0.1, 0.15) is 0 Å². The molecule has 100 valence electrons. The lowest BCUT2D eigenvalue weighted by Crippen LogP contribution is -2.13. The molecule has 3 rings (SSSR count). The van der Waals surface area contributed by atoms with E-state index in [1.807, 2.05) is 6.20 Å². The lowest BCUT2D eigenvalue weighted by atomic mass is 9.95. The van der Waals surface area contributed by atoms with Gasteiger partial charge in [-0.25, -0.2) is 0 Å². The summed E-state index contributed by atoms with van der Waals surface area (Å²) in [4.78, 5) is 3.21. The standard InChI is InChI=1S/C15H17BrN2S/c16-12-8-6-11(7-9-12)14-10-17-15(19)18(14)13-4-2-1-3-5-13/h6-10,13H,1-5H2,(H,17,19). The fourth-order valence-corrected chi connectivity index (χ4v) is 3.49. The third-order valence-electron chi connectivity index (χ3n) is 3.89. The summed E-state index contributed by atoms with van der Waals surface area (Å²) < 4.78 is 4.27. The van der Waals surface area contributed by atoms with Crippen LogP contribution in [0.3, 0.4) is 0 Å². The average Bonchev–Trinajstić information content (AvgIpc) is 2.82. The van der Waals surface area contributed by atoms with Crippen LogP contribution in [0.5, 0.6) is 0 Å². The number of nitrogens with one attached hydrogen (secondary N) is 1. The monoisotopic (exact) mass is 336 g/mol. The second-order valence-corrected chi connectivity index (χ2v) is 6.45. The number of aromatic nitrogens is 2. The van der Waals surface area contributed by atoms with Crippen molar-refractivity contribution in [2.75, 3.05) is 0 Å². The summed E-state index contributed by atoms with van der Waals surface area (Å²) >= 11 is 8.96. The van der Waals surface area contributed by atoms with Gasteiger partial charge in [-0.15, -0.1) is 0 Å². The molecule has 1 saturated carbocycles. The zero-order chi connectivity index (χ0) is 13.2.